The molecular formula is C14H14N2O3S. The van der Waals surface area contributed by atoms with Gasteiger partial charge in [0, 0.05) is 5.56 Å². The number of thiazole rings is 1. The number of anilines is 1. The molecule has 2 rings (SSSR count). The van der Waals surface area contributed by atoms with E-state index in [4.69, 9.17) is 0 Å². The number of hydrogen-bond donors (Lipinski definition) is 1. The number of ether oxygens (including phenoxy) is 1. The van der Waals surface area contributed by atoms with Crippen LogP contribution in [0.4, 0.5) is 5.13 Å². The van der Waals surface area contributed by atoms with Crippen molar-refractivity contribution in [1.82, 2.24) is 4.98 Å². The molecule has 0 unspecified atom stereocenters. The average Bonchev–Trinajstić information content (AvgIpc) is 2.79. The zero-order chi connectivity index (χ0) is 14.7. The highest BCUT2D eigenvalue weighted by Crippen LogP contribution is 2.23. The van der Waals surface area contributed by atoms with Gasteiger partial charge in [0.25, 0.3) is 5.91 Å². The second-order valence-corrected chi connectivity index (χ2v) is 5.24. The molecule has 20 heavy (non-hydrogen) atoms. The van der Waals surface area contributed by atoms with Gasteiger partial charge in [-0.3, -0.25) is 10.1 Å². The molecule has 1 aromatic heterocycles. The molecule has 1 aromatic carbocycles. The summed E-state index contributed by atoms with van der Waals surface area (Å²) in [5.74, 6) is -0.703. The van der Waals surface area contributed by atoms with Crippen molar-refractivity contribution >= 4 is 28.3 Å². The van der Waals surface area contributed by atoms with Crippen molar-refractivity contribution in [1.29, 1.82) is 0 Å². The van der Waals surface area contributed by atoms with E-state index < -0.39 is 5.97 Å². The third-order valence-electron chi connectivity index (χ3n) is 2.70. The monoisotopic (exact) mass is 290 g/mol. The van der Waals surface area contributed by atoms with Crippen molar-refractivity contribution in [3.05, 3.63) is 46.0 Å². The number of amides is 1. The number of carbonyl (C=O) groups excluding carboxylic acids is 2. The number of nitrogens with zero attached hydrogens (tertiary/aromatic N) is 1. The van der Waals surface area contributed by atoms with E-state index in [9.17, 15) is 9.59 Å². The third-order valence-corrected chi connectivity index (χ3v) is 3.75. The Hall–Kier alpha value is -2.21. The molecule has 1 N–H and O–H groups in total. The SMILES string of the molecule is COC(=O)c1sc(NC(=O)c2ccc(C)cc2)nc1C. The average molecular weight is 290 g/mol. The molecule has 0 radical (unpaired) electrons. The smallest absolute Gasteiger partial charge is 0.350 e. The van der Waals surface area contributed by atoms with Crippen LogP contribution in [0.3, 0.4) is 0 Å². The minimum atomic E-state index is -0.448. The molecule has 0 saturated heterocycles. The number of carbonyl (C=O) groups is 2. The number of rotatable bonds is 3. The van der Waals surface area contributed by atoms with Crippen LogP contribution in [0.2, 0.25) is 0 Å². The molecule has 104 valence electrons. The predicted molar refractivity (Wildman–Crippen MR) is 77.3 cm³/mol. The van der Waals surface area contributed by atoms with E-state index in [2.05, 4.69) is 15.0 Å². The van der Waals surface area contributed by atoms with Crippen LogP contribution in [0.5, 0.6) is 0 Å². The summed E-state index contributed by atoms with van der Waals surface area (Å²) in [6.45, 7) is 3.65. The molecule has 0 fully saturated rings. The summed E-state index contributed by atoms with van der Waals surface area (Å²) < 4.78 is 4.65. The molecule has 0 aliphatic heterocycles. The Labute approximate surface area is 120 Å². The first kappa shape index (κ1) is 14.2. The lowest BCUT2D eigenvalue weighted by Gasteiger charge is -2.01. The number of hydrogen-bond acceptors (Lipinski definition) is 5. The quantitative estimate of drug-likeness (QED) is 0.883. The van der Waals surface area contributed by atoms with E-state index in [-0.39, 0.29) is 5.91 Å². The Morgan fingerprint density at radius 3 is 2.45 bits per heavy atom. The Bertz CT molecular complexity index is 647. The van der Waals surface area contributed by atoms with E-state index in [1.165, 1.54) is 7.11 Å². The number of aromatic nitrogens is 1. The number of benzene rings is 1. The number of methoxy groups -OCH3 is 1. The van der Waals surface area contributed by atoms with Gasteiger partial charge < -0.3 is 4.74 Å². The van der Waals surface area contributed by atoms with Gasteiger partial charge in [-0.15, -0.1) is 0 Å². The summed E-state index contributed by atoms with van der Waals surface area (Å²) in [7, 11) is 1.31. The highest BCUT2D eigenvalue weighted by Gasteiger charge is 2.17. The topological polar surface area (TPSA) is 68.3 Å². The lowest BCUT2D eigenvalue weighted by atomic mass is 10.1. The van der Waals surface area contributed by atoms with Gasteiger partial charge in [0.05, 0.1) is 12.8 Å². The zero-order valence-corrected chi connectivity index (χ0v) is 12.2. The second-order valence-electron chi connectivity index (χ2n) is 4.25. The highest BCUT2D eigenvalue weighted by molar-refractivity contribution is 7.17. The lowest BCUT2D eigenvalue weighted by Crippen LogP contribution is -2.11. The molecule has 0 saturated carbocycles. The van der Waals surface area contributed by atoms with Crippen LogP contribution < -0.4 is 5.32 Å². The third kappa shape index (κ3) is 3.03. The van der Waals surface area contributed by atoms with Gasteiger partial charge in [-0.05, 0) is 26.0 Å². The van der Waals surface area contributed by atoms with E-state index in [0.29, 0.717) is 21.3 Å². The van der Waals surface area contributed by atoms with Gasteiger partial charge in [-0.2, -0.15) is 0 Å². The summed E-state index contributed by atoms with van der Waals surface area (Å²) in [6, 6.07) is 7.21. The first-order chi connectivity index (χ1) is 9.51. The van der Waals surface area contributed by atoms with E-state index in [0.717, 1.165) is 16.9 Å². The lowest BCUT2D eigenvalue weighted by molar-refractivity contribution is 0.0605. The van der Waals surface area contributed by atoms with Crippen LogP contribution in [0.1, 0.15) is 31.3 Å². The van der Waals surface area contributed by atoms with Gasteiger partial charge in [0.15, 0.2) is 5.13 Å². The van der Waals surface area contributed by atoms with Crippen LogP contribution in [-0.4, -0.2) is 24.0 Å². The Morgan fingerprint density at radius 2 is 1.85 bits per heavy atom. The van der Waals surface area contributed by atoms with Gasteiger partial charge in [-0.1, -0.05) is 29.0 Å². The summed E-state index contributed by atoms with van der Waals surface area (Å²) >= 11 is 1.10. The van der Waals surface area contributed by atoms with Gasteiger partial charge in [-0.25, -0.2) is 9.78 Å². The maximum Gasteiger partial charge on any atom is 0.350 e. The molecular weight excluding hydrogens is 276 g/mol. The summed E-state index contributed by atoms with van der Waals surface area (Å²) in [6.07, 6.45) is 0. The molecule has 1 heterocycles. The van der Waals surface area contributed by atoms with Crippen molar-refractivity contribution in [2.75, 3.05) is 12.4 Å². The molecule has 0 spiro atoms. The molecule has 0 bridgehead atoms. The zero-order valence-electron chi connectivity index (χ0n) is 11.4. The molecule has 2 aromatic rings. The van der Waals surface area contributed by atoms with Gasteiger partial charge >= 0.3 is 5.97 Å². The molecule has 0 aliphatic carbocycles. The Morgan fingerprint density at radius 1 is 1.20 bits per heavy atom. The van der Waals surface area contributed by atoms with E-state index in [1.807, 2.05) is 19.1 Å². The molecule has 5 nitrogen and oxygen atoms in total. The maximum atomic E-state index is 12.0. The Balaban J connectivity index is 2.16. The van der Waals surface area contributed by atoms with Crippen molar-refractivity contribution in [2.24, 2.45) is 0 Å². The number of esters is 1. The summed E-state index contributed by atoms with van der Waals surface area (Å²) in [4.78, 5) is 28.0. The van der Waals surface area contributed by atoms with Crippen LogP contribution in [-0.2, 0) is 4.74 Å². The molecule has 6 heteroatoms. The fourth-order valence-corrected chi connectivity index (χ4v) is 2.49. The second kappa shape index (κ2) is 5.83. The minimum absolute atomic E-state index is 0.254. The van der Waals surface area contributed by atoms with Gasteiger partial charge in [0.2, 0.25) is 0 Å². The van der Waals surface area contributed by atoms with E-state index >= 15 is 0 Å². The Kier molecular flexibility index (Phi) is 4.14. The first-order valence-corrected chi connectivity index (χ1v) is 6.76. The van der Waals surface area contributed by atoms with Crippen molar-refractivity contribution in [3.63, 3.8) is 0 Å². The number of nitrogens with one attached hydrogen (secondary N) is 1. The van der Waals surface area contributed by atoms with Crippen molar-refractivity contribution in [3.8, 4) is 0 Å². The van der Waals surface area contributed by atoms with Crippen molar-refractivity contribution in [2.45, 2.75) is 13.8 Å². The first-order valence-electron chi connectivity index (χ1n) is 5.95. The number of aryl methyl sites for hydroxylation is 2. The fourth-order valence-electron chi connectivity index (χ4n) is 1.61. The van der Waals surface area contributed by atoms with Crippen molar-refractivity contribution < 1.29 is 14.3 Å². The van der Waals surface area contributed by atoms with Gasteiger partial charge in [0.1, 0.15) is 4.88 Å². The summed E-state index contributed by atoms with van der Waals surface area (Å²) in [5.41, 5.74) is 2.17. The van der Waals surface area contributed by atoms with E-state index in [1.54, 1.807) is 19.1 Å². The summed E-state index contributed by atoms with van der Waals surface area (Å²) in [5, 5.41) is 3.06. The van der Waals surface area contributed by atoms with Crippen LogP contribution in [0.15, 0.2) is 24.3 Å². The fraction of sp³-hybridized carbons (Fsp3) is 0.214. The standard InChI is InChI=1S/C14H14N2O3S/c1-8-4-6-10(7-5-8)12(17)16-14-15-9(2)11(20-14)13(18)19-3/h4-7H,1-3H3,(H,15,16,17). The van der Waals surface area contributed by atoms with Crippen LogP contribution >= 0.6 is 11.3 Å². The highest BCUT2D eigenvalue weighted by atomic mass is 32.1. The van der Waals surface area contributed by atoms with Crippen LogP contribution in [0.25, 0.3) is 0 Å². The van der Waals surface area contributed by atoms with Crippen LogP contribution in [0, 0.1) is 13.8 Å². The molecule has 1 amide bonds. The minimum Gasteiger partial charge on any atom is -0.465 e. The maximum absolute atomic E-state index is 12.0. The molecule has 0 aliphatic rings. The largest absolute Gasteiger partial charge is 0.465 e. The normalized spacial score (nSPS) is 10.2. The predicted octanol–water partition coefficient (Wildman–Crippen LogP) is 2.80. The molecule has 0 atom stereocenters.